The Hall–Kier alpha value is -3.07. The van der Waals surface area contributed by atoms with Gasteiger partial charge in [-0.1, -0.05) is 49.7 Å². The quantitative estimate of drug-likeness (QED) is 0.285. The first-order valence-electron chi connectivity index (χ1n) is 12.0. The number of hydrogen-bond donors (Lipinski definition) is 0. The van der Waals surface area contributed by atoms with E-state index in [1.807, 2.05) is 6.92 Å². The van der Waals surface area contributed by atoms with E-state index in [4.69, 9.17) is 9.47 Å². The highest BCUT2D eigenvalue weighted by Crippen LogP contribution is 2.34. The molecule has 0 atom stereocenters. The molecule has 0 aromatic heterocycles. The zero-order valence-electron chi connectivity index (χ0n) is 20.5. The largest absolute Gasteiger partial charge is 0.377 e. The average Bonchev–Trinajstić information content (AvgIpc) is 2.90. The minimum Gasteiger partial charge on any atom is -0.377 e. The third kappa shape index (κ3) is 6.09. The molecule has 0 radical (unpaired) electrons. The van der Waals surface area contributed by atoms with Gasteiger partial charge in [0.15, 0.2) is 17.9 Å². The van der Waals surface area contributed by atoms with Crippen LogP contribution in [0.4, 0.5) is 22.0 Å². The van der Waals surface area contributed by atoms with E-state index < -0.39 is 42.0 Å². The molecule has 4 rings (SSSR count). The van der Waals surface area contributed by atoms with Crippen LogP contribution in [0.25, 0.3) is 17.0 Å². The third-order valence-corrected chi connectivity index (χ3v) is 6.26. The number of benzene rings is 3. The normalized spacial score (nSPS) is 18.6. The number of ether oxygens (including phenoxy) is 3. The lowest BCUT2D eigenvalue weighted by Crippen LogP contribution is -2.25. The van der Waals surface area contributed by atoms with Crippen molar-refractivity contribution < 1.29 is 36.2 Å². The van der Waals surface area contributed by atoms with Gasteiger partial charge in [0.1, 0.15) is 24.1 Å². The number of hydrogen-bond acceptors (Lipinski definition) is 3. The first-order chi connectivity index (χ1) is 17.8. The highest BCUT2D eigenvalue weighted by atomic mass is 19.2. The molecule has 0 spiro atoms. The van der Waals surface area contributed by atoms with Crippen molar-refractivity contribution in [1.29, 1.82) is 0 Å². The Kier molecular flexibility index (Phi) is 8.74. The Bertz CT molecular complexity index is 1240. The van der Waals surface area contributed by atoms with Crippen molar-refractivity contribution in [2.75, 3.05) is 26.9 Å². The fraction of sp³-hybridized carbons (Fsp3) is 0.310. The molecule has 3 aromatic rings. The summed E-state index contributed by atoms with van der Waals surface area (Å²) in [7, 11) is 1.28. The summed E-state index contributed by atoms with van der Waals surface area (Å²) in [6, 6.07) is 12.8. The van der Waals surface area contributed by atoms with Crippen LogP contribution in [0.3, 0.4) is 0 Å². The Balaban J connectivity index is 1.42. The van der Waals surface area contributed by atoms with Crippen LogP contribution in [0.1, 0.15) is 47.8 Å². The van der Waals surface area contributed by atoms with E-state index in [1.54, 1.807) is 18.2 Å². The molecule has 0 saturated carbocycles. The van der Waals surface area contributed by atoms with Crippen molar-refractivity contribution in [3.05, 3.63) is 100 Å². The molecule has 0 N–H and O–H groups in total. The summed E-state index contributed by atoms with van der Waals surface area (Å²) < 4.78 is 87.6. The lowest BCUT2D eigenvalue weighted by Gasteiger charge is -2.30. The summed E-state index contributed by atoms with van der Waals surface area (Å²) in [5.41, 5.74) is 1.53. The monoisotopic (exact) mass is 518 g/mol. The lowest BCUT2D eigenvalue weighted by atomic mass is 9.97. The molecule has 1 aliphatic heterocycles. The zero-order chi connectivity index (χ0) is 26.5. The van der Waals surface area contributed by atoms with Crippen LogP contribution in [0.15, 0.2) is 60.4 Å². The third-order valence-electron chi connectivity index (χ3n) is 6.26. The van der Waals surface area contributed by atoms with Crippen molar-refractivity contribution in [2.24, 2.45) is 0 Å². The summed E-state index contributed by atoms with van der Waals surface area (Å²) >= 11 is 0. The van der Waals surface area contributed by atoms with E-state index in [1.165, 1.54) is 31.4 Å². The summed E-state index contributed by atoms with van der Waals surface area (Å²) in [4.78, 5) is 0. The molecule has 1 fully saturated rings. The van der Waals surface area contributed by atoms with Gasteiger partial charge in [0.05, 0.1) is 13.2 Å². The van der Waals surface area contributed by atoms with Crippen molar-refractivity contribution in [1.82, 2.24) is 0 Å². The number of halogens is 5. The molecule has 3 nitrogen and oxygen atoms in total. The molecule has 1 heterocycles. The van der Waals surface area contributed by atoms with E-state index in [2.05, 4.69) is 4.74 Å². The van der Waals surface area contributed by atoms with Gasteiger partial charge in [0, 0.05) is 35.3 Å². The molecule has 0 unspecified atom stereocenters. The maximum atomic E-state index is 14.9. The molecule has 3 aromatic carbocycles. The van der Waals surface area contributed by atoms with Gasteiger partial charge >= 0.3 is 0 Å². The van der Waals surface area contributed by atoms with E-state index in [-0.39, 0.29) is 47.8 Å². The Morgan fingerprint density at radius 2 is 1.49 bits per heavy atom. The number of methoxy groups -OCH3 is 1. The summed E-state index contributed by atoms with van der Waals surface area (Å²) in [6.45, 7) is 1.91. The summed E-state index contributed by atoms with van der Waals surface area (Å²) in [6.07, 6.45) is 0.0408. The van der Waals surface area contributed by atoms with Crippen LogP contribution in [0.5, 0.6) is 0 Å². The van der Waals surface area contributed by atoms with E-state index in [0.717, 1.165) is 17.7 Å². The van der Waals surface area contributed by atoms with Gasteiger partial charge in [-0.3, -0.25) is 0 Å². The highest BCUT2D eigenvalue weighted by molar-refractivity contribution is 5.65. The molecule has 0 bridgehead atoms. The van der Waals surface area contributed by atoms with Crippen LogP contribution in [0, 0.1) is 17.5 Å². The second-order valence-electron chi connectivity index (χ2n) is 8.88. The van der Waals surface area contributed by atoms with Gasteiger partial charge < -0.3 is 14.2 Å². The molecular weight excluding hydrogens is 491 g/mol. The van der Waals surface area contributed by atoms with Crippen LogP contribution in [0.2, 0.25) is 0 Å². The van der Waals surface area contributed by atoms with Gasteiger partial charge in [-0.15, -0.1) is 0 Å². The van der Waals surface area contributed by atoms with Crippen LogP contribution < -0.4 is 0 Å². The van der Waals surface area contributed by atoms with Crippen LogP contribution in [-0.4, -0.2) is 26.9 Å². The van der Waals surface area contributed by atoms with Gasteiger partial charge in [-0.05, 0) is 35.7 Å². The molecule has 196 valence electrons. The second kappa shape index (κ2) is 12.0. The SMILES string of the molecule is CCCc1c(F)cc(-c2ccc(C3OCC(c4ccc(/C(F)=C(\F)COC)cc4)CO3)cc2F)cc1F. The fourth-order valence-electron chi connectivity index (χ4n) is 4.30. The smallest absolute Gasteiger partial charge is 0.183 e. The Morgan fingerprint density at radius 1 is 0.865 bits per heavy atom. The van der Waals surface area contributed by atoms with E-state index >= 15 is 0 Å². The van der Waals surface area contributed by atoms with Gasteiger partial charge in [0.25, 0.3) is 0 Å². The van der Waals surface area contributed by atoms with Gasteiger partial charge in [0.2, 0.25) is 0 Å². The Labute approximate surface area is 212 Å². The summed E-state index contributed by atoms with van der Waals surface area (Å²) in [5, 5.41) is 0. The standard InChI is InChI=1S/C29H27F5O3/c1-3-4-23-25(31)12-20(13-26(23)32)22-10-9-19(11-24(22)30)29-36-14-21(15-37-29)17-5-7-18(8-6-17)28(34)27(33)16-35-2/h5-13,21,29H,3-4,14-16H2,1-2H3/b28-27+. The minimum absolute atomic E-state index is 0.00339. The fourth-order valence-corrected chi connectivity index (χ4v) is 4.30. The molecule has 0 amide bonds. The van der Waals surface area contributed by atoms with Crippen molar-refractivity contribution >= 4 is 5.83 Å². The molecule has 0 aliphatic carbocycles. The average molecular weight is 519 g/mol. The first kappa shape index (κ1) is 27.0. The predicted octanol–water partition coefficient (Wildman–Crippen LogP) is 7.81. The van der Waals surface area contributed by atoms with E-state index in [9.17, 15) is 22.0 Å². The highest BCUT2D eigenvalue weighted by Gasteiger charge is 2.26. The molecule has 1 saturated heterocycles. The van der Waals surface area contributed by atoms with Crippen molar-refractivity contribution in [3.63, 3.8) is 0 Å². The van der Waals surface area contributed by atoms with E-state index in [0.29, 0.717) is 12.0 Å². The summed E-state index contributed by atoms with van der Waals surface area (Å²) in [5.74, 6) is -4.16. The van der Waals surface area contributed by atoms with Crippen LogP contribution >= 0.6 is 0 Å². The molecular formula is C29H27F5O3. The molecule has 8 heteroatoms. The lowest BCUT2D eigenvalue weighted by molar-refractivity contribution is -0.191. The molecule has 37 heavy (non-hydrogen) atoms. The van der Waals surface area contributed by atoms with Crippen molar-refractivity contribution in [2.45, 2.75) is 32.0 Å². The Morgan fingerprint density at radius 3 is 2.05 bits per heavy atom. The maximum Gasteiger partial charge on any atom is 0.183 e. The topological polar surface area (TPSA) is 27.7 Å². The second-order valence-corrected chi connectivity index (χ2v) is 8.88. The minimum atomic E-state index is -0.982. The first-order valence-corrected chi connectivity index (χ1v) is 12.0. The van der Waals surface area contributed by atoms with Gasteiger partial charge in [-0.2, -0.15) is 0 Å². The van der Waals surface area contributed by atoms with Crippen molar-refractivity contribution in [3.8, 4) is 11.1 Å². The molecule has 1 aliphatic rings. The predicted molar refractivity (Wildman–Crippen MR) is 131 cm³/mol. The maximum absolute atomic E-state index is 14.9. The number of rotatable bonds is 8. The van der Waals surface area contributed by atoms with Crippen LogP contribution in [-0.2, 0) is 20.6 Å². The van der Waals surface area contributed by atoms with Gasteiger partial charge in [-0.25, -0.2) is 22.0 Å². The zero-order valence-corrected chi connectivity index (χ0v) is 20.5.